The number of carbonyl (C=O) groups is 1. The molecule has 7 heteroatoms. The van der Waals surface area contributed by atoms with Gasteiger partial charge in [0.25, 0.3) is 5.91 Å². The van der Waals surface area contributed by atoms with E-state index in [0.717, 1.165) is 22.5 Å². The predicted molar refractivity (Wildman–Crippen MR) is 109 cm³/mol. The zero-order valence-corrected chi connectivity index (χ0v) is 16.8. The second-order valence-electron chi connectivity index (χ2n) is 6.72. The molecule has 0 spiro atoms. The molecule has 0 saturated carbocycles. The number of amides is 1. The Kier molecular flexibility index (Phi) is 6.11. The smallest absolute Gasteiger partial charge is 0.258 e. The molecule has 1 N–H and O–H groups in total. The summed E-state index contributed by atoms with van der Waals surface area (Å²) in [5.41, 5.74) is 4.41. The highest BCUT2D eigenvalue weighted by Crippen LogP contribution is 2.23. The number of anilines is 1. The Labute approximate surface area is 168 Å². The number of nitrogens with zero attached hydrogens (tertiary/aromatic N) is 3. The van der Waals surface area contributed by atoms with Gasteiger partial charge in [-0.15, -0.1) is 0 Å². The van der Waals surface area contributed by atoms with Gasteiger partial charge in [-0.1, -0.05) is 23.8 Å². The monoisotopic (exact) mass is 400 g/mol. The van der Waals surface area contributed by atoms with E-state index in [2.05, 4.69) is 9.93 Å². The Morgan fingerprint density at radius 2 is 1.89 bits per heavy atom. The summed E-state index contributed by atoms with van der Waals surface area (Å²) in [7, 11) is 1.86. The van der Waals surface area contributed by atoms with Gasteiger partial charge in [-0.25, -0.2) is 9.23 Å². The van der Waals surface area contributed by atoms with Crippen LogP contribution in [-0.4, -0.2) is 15.7 Å². The lowest BCUT2D eigenvalue weighted by Crippen LogP contribution is -2.30. The number of nitrogens with one attached hydrogen (secondary N) is 1. The van der Waals surface area contributed by atoms with Gasteiger partial charge in [0.05, 0.1) is 12.7 Å². The van der Waals surface area contributed by atoms with Gasteiger partial charge in [-0.2, -0.15) is 5.10 Å². The quantitative estimate of drug-likeness (QED) is 0.629. The number of benzene rings is 2. The van der Waals surface area contributed by atoms with Gasteiger partial charge in [0.15, 0.2) is 0 Å². The number of aryl methyl sites for hydroxylation is 2. The third kappa shape index (κ3) is 4.24. The molecule has 0 aliphatic heterocycles. The molecular formula is C21H22ClFN4O. The largest absolute Gasteiger partial charge is 0.304 e. The fourth-order valence-electron chi connectivity index (χ4n) is 2.93. The number of hydrogen-bond donors (Lipinski definition) is 1. The first-order valence-corrected chi connectivity index (χ1v) is 9.26. The van der Waals surface area contributed by atoms with Crippen molar-refractivity contribution in [2.75, 3.05) is 4.90 Å². The average molecular weight is 401 g/mol. The molecule has 5 nitrogen and oxygen atoms in total. The molecule has 0 radical (unpaired) electrons. The Morgan fingerprint density at radius 3 is 2.46 bits per heavy atom. The van der Waals surface area contributed by atoms with E-state index in [1.807, 2.05) is 45.2 Å². The molecule has 0 aliphatic rings. The van der Waals surface area contributed by atoms with E-state index >= 15 is 0 Å². The molecule has 146 valence electrons. The van der Waals surface area contributed by atoms with Crippen LogP contribution in [0, 0.1) is 19.7 Å². The molecule has 0 bridgehead atoms. The van der Waals surface area contributed by atoms with Gasteiger partial charge in [-0.05, 0) is 49.9 Å². The summed E-state index contributed by atoms with van der Waals surface area (Å²) < 4.78 is 16.1. The maximum absolute atomic E-state index is 14.3. The van der Waals surface area contributed by atoms with E-state index in [-0.39, 0.29) is 18.0 Å². The Morgan fingerprint density at radius 1 is 1.18 bits per heavy atom. The fourth-order valence-corrected chi connectivity index (χ4v) is 3.07. The lowest BCUT2D eigenvalue weighted by atomic mass is 10.1. The molecule has 3 aromatic rings. The maximum atomic E-state index is 14.3. The van der Waals surface area contributed by atoms with Crippen LogP contribution in [0.15, 0.2) is 48.7 Å². The van der Waals surface area contributed by atoms with E-state index in [4.69, 9.17) is 11.8 Å². The molecule has 1 aromatic heterocycles. The highest BCUT2D eigenvalue weighted by Gasteiger charge is 2.21. The van der Waals surface area contributed by atoms with Crippen molar-refractivity contribution in [3.8, 4) is 0 Å². The van der Waals surface area contributed by atoms with Gasteiger partial charge in [-0.3, -0.25) is 9.48 Å². The van der Waals surface area contributed by atoms with E-state index in [1.54, 1.807) is 27.9 Å². The standard InChI is InChI=1S/C21H22ClFN4O/c1-14-4-8-19(9-5-14)27(13-18-12-25-26(3)15(18)2)21(28)16-6-7-17(11-24-22)20(23)10-16/h4-10,12,24H,11,13H2,1-3H3. The highest BCUT2D eigenvalue weighted by molar-refractivity contribution is 6.13. The van der Waals surface area contributed by atoms with E-state index in [0.29, 0.717) is 12.1 Å². The molecule has 1 heterocycles. The minimum absolute atomic E-state index is 0.179. The van der Waals surface area contributed by atoms with Crippen molar-refractivity contribution in [2.24, 2.45) is 7.05 Å². The summed E-state index contributed by atoms with van der Waals surface area (Å²) in [5.74, 6) is -0.753. The molecule has 0 unspecified atom stereocenters. The van der Waals surface area contributed by atoms with Crippen LogP contribution in [0.4, 0.5) is 10.1 Å². The summed E-state index contributed by atoms with van der Waals surface area (Å²) in [6.07, 6.45) is 1.75. The summed E-state index contributed by atoms with van der Waals surface area (Å²) in [5, 5.41) is 4.25. The molecule has 3 rings (SSSR count). The zero-order chi connectivity index (χ0) is 20.3. The number of aromatic nitrogens is 2. The van der Waals surface area contributed by atoms with Gasteiger partial charge >= 0.3 is 0 Å². The first-order valence-electron chi connectivity index (χ1n) is 8.88. The predicted octanol–water partition coefficient (Wildman–Crippen LogP) is 4.27. The van der Waals surface area contributed by atoms with Gasteiger partial charge in [0.1, 0.15) is 5.82 Å². The normalized spacial score (nSPS) is 10.9. The molecule has 0 atom stereocenters. The van der Waals surface area contributed by atoms with Crippen molar-refractivity contribution in [1.29, 1.82) is 0 Å². The van der Waals surface area contributed by atoms with Crippen molar-refractivity contribution >= 4 is 23.4 Å². The topological polar surface area (TPSA) is 50.2 Å². The van der Waals surface area contributed by atoms with Crippen LogP contribution < -0.4 is 9.74 Å². The molecule has 0 aliphatic carbocycles. The third-order valence-corrected chi connectivity index (χ3v) is 4.95. The zero-order valence-electron chi connectivity index (χ0n) is 16.0. The first-order chi connectivity index (χ1) is 13.4. The van der Waals surface area contributed by atoms with E-state index in [1.165, 1.54) is 6.07 Å². The maximum Gasteiger partial charge on any atom is 0.258 e. The summed E-state index contributed by atoms with van der Waals surface area (Å²) in [4.78, 5) is 17.3. The average Bonchev–Trinajstić information content (AvgIpc) is 3.00. The van der Waals surface area contributed by atoms with Crippen molar-refractivity contribution in [3.63, 3.8) is 0 Å². The summed E-state index contributed by atoms with van der Waals surface area (Å²) in [6.45, 7) is 4.46. The second kappa shape index (κ2) is 8.54. The minimum atomic E-state index is -0.472. The van der Waals surface area contributed by atoms with Crippen molar-refractivity contribution in [1.82, 2.24) is 14.6 Å². The van der Waals surface area contributed by atoms with Crippen molar-refractivity contribution in [3.05, 3.63) is 82.4 Å². The first kappa shape index (κ1) is 20.0. The molecule has 0 fully saturated rings. The lowest BCUT2D eigenvalue weighted by molar-refractivity contribution is 0.0984. The second-order valence-corrected chi connectivity index (χ2v) is 6.99. The van der Waals surface area contributed by atoms with Crippen LogP contribution in [0.2, 0.25) is 0 Å². The van der Waals surface area contributed by atoms with Crippen molar-refractivity contribution < 1.29 is 9.18 Å². The third-order valence-electron chi connectivity index (χ3n) is 4.81. The SMILES string of the molecule is Cc1ccc(N(Cc2cnn(C)c2C)C(=O)c2ccc(CNCl)c(F)c2)cc1. The molecule has 2 aromatic carbocycles. The van der Waals surface area contributed by atoms with Gasteiger partial charge in [0.2, 0.25) is 0 Å². The van der Waals surface area contributed by atoms with Crippen LogP contribution in [0.1, 0.15) is 32.7 Å². The number of halogens is 2. The number of carbonyl (C=O) groups excluding carboxylic acids is 1. The Balaban J connectivity index is 1.98. The van der Waals surface area contributed by atoms with Crippen LogP contribution in [-0.2, 0) is 20.1 Å². The molecule has 1 amide bonds. The summed E-state index contributed by atoms with van der Waals surface area (Å²) >= 11 is 5.46. The number of hydrogen-bond acceptors (Lipinski definition) is 3. The highest BCUT2D eigenvalue weighted by atomic mass is 35.5. The summed E-state index contributed by atoms with van der Waals surface area (Å²) in [6, 6.07) is 12.1. The molecular weight excluding hydrogens is 379 g/mol. The minimum Gasteiger partial charge on any atom is -0.304 e. The molecule has 0 saturated heterocycles. The Hall–Kier alpha value is -2.70. The van der Waals surface area contributed by atoms with Crippen LogP contribution >= 0.6 is 11.8 Å². The van der Waals surface area contributed by atoms with Crippen LogP contribution in [0.5, 0.6) is 0 Å². The van der Waals surface area contributed by atoms with Crippen LogP contribution in [0.3, 0.4) is 0 Å². The fraction of sp³-hybridized carbons (Fsp3) is 0.238. The Bertz CT molecular complexity index is 985. The lowest BCUT2D eigenvalue weighted by Gasteiger charge is -2.23. The van der Waals surface area contributed by atoms with Crippen molar-refractivity contribution in [2.45, 2.75) is 26.9 Å². The van der Waals surface area contributed by atoms with Gasteiger partial charge < -0.3 is 4.90 Å². The number of rotatable bonds is 6. The van der Waals surface area contributed by atoms with E-state index in [9.17, 15) is 9.18 Å². The van der Waals surface area contributed by atoms with Gasteiger partial charge in [0, 0.05) is 41.7 Å². The van der Waals surface area contributed by atoms with E-state index < -0.39 is 5.82 Å². The van der Waals surface area contributed by atoms with Crippen LogP contribution in [0.25, 0.3) is 0 Å². The molecule has 28 heavy (non-hydrogen) atoms.